The van der Waals surface area contributed by atoms with Gasteiger partial charge in [-0.15, -0.1) is 0 Å². The van der Waals surface area contributed by atoms with Gasteiger partial charge in [0.15, 0.2) is 0 Å². The van der Waals surface area contributed by atoms with E-state index in [2.05, 4.69) is 9.80 Å². The molecule has 15 heavy (non-hydrogen) atoms. The van der Waals surface area contributed by atoms with Crippen LogP contribution in [0.15, 0.2) is 0 Å². The Labute approximate surface area is 95.6 Å². The van der Waals surface area contributed by atoms with Crippen LogP contribution in [0.2, 0.25) is 0 Å². The number of carboxylic acids is 1. The molecule has 1 heterocycles. The molecule has 1 rings (SSSR count). The van der Waals surface area contributed by atoms with E-state index >= 15 is 0 Å². The highest BCUT2D eigenvalue weighted by Crippen LogP contribution is 2.21. The average Bonchev–Trinajstić information content (AvgIpc) is 2.63. The molecule has 1 fully saturated rings. The summed E-state index contributed by atoms with van der Waals surface area (Å²) in [5, 5.41) is 8.85. The number of hydrogen-bond acceptors (Lipinski definition) is 4. The summed E-state index contributed by atoms with van der Waals surface area (Å²) in [6.45, 7) is 1.96. The minimum Gasteiger partial charge on any atom is -0.480 e. The molecule has 1 aliphatic rings. The number of thioether (sulfide) groups is 1. The second kappa shape index (κ2) is 6.35. The third-order valence-corrected chi connectivity index (χ3v) is 3.74. The Balaban J connectivity index is 2.40. The first-order valence-corrected chi connectivity index (χ1v) is 6.43. The monoisotopic (exact) mass is 232 g/mol. The maximum absolute atomic E-state index is 10.7. The van der Waals surface area contributed by atoms with Gasteiger partial charge in [0.25, 0.3) is 0 Å². The lowest BCUT2D eigenvalue weighted by Crippen LogP contribution is -2.42. The first-order chi connectivity index (χ1) is 7.09. The van der Waals surface area contributed by atoms with Crippen LogP contribution in [0.3, 0.4) is 0 Å². The second-order valence-electron chi connectivity index (χ2n) is 4.18. The fraction of sp³-hybridized carbons (Fsp3) is 0.900. The van der Waals surface area contributed by atoms with E-state index in [-0.39, 0.29) is 6.54 Å². The van der Waals surface area contributed by atoms with Crippen LogP contribution in [0.1, 0.15) is 6.42 Å². The van der Waals surface area contributed by atoms with Crippen molar-refractivity contribution in [3.8, 4) is 0 Å². The molecule has 0 amide bonds. The molecule has 0 aromatic carbocycles. The van der Waals surface area contributed by atoms with Crippen LogP contribution >= 0.6 is 11.8 Å². The molecule has 0 aliphatic carbocycles. The van der Waals surface area contributed by atoms with Crippen LogP contribution in [0.25, 0.3) is 0 Å². The van der Waals surface area contributed by atoms with Gasteiger partial charge in [-0.3, -0.25) is 9.69 Å². The molecule has 1 atom stereocenters. The Bertz CT molecular complexity index is 206. The smallest absolute Gasteiger partial charge is 0.317 e. The largest absolute Gasteiger partial charge is 0.480 e. The highest BCUT2D eigenvalue weighted by Gasteiger charge is 2.24. The van der Waals surface area contributed by atoms with Crippen LogP contribution in [0, 0.1) is 0 Å². The Hall–Kier alpha value is -0.260. The molecule has 0 bridgehead atoms. The van der Waals surface area contributed by atoms with Crippen LogP contribution in [0.4, 0.5) is 0 Å². The molecule has 1 saturated heterocycles. The van der Waals surface area contributed by atoms with Gasteiger partial charge < -0.3 is 10.0 Å². The van der Waals surface area contributed by atoms with Gasteiger partial charge in [-0.2, -0.15) is 11.8 Å². The number of carbonyl (C=O) groups is 1. The Morgan fingerprint density at radius 3 is 2.67 bits per heavy atom. The molecule has 5 heteroatoms. The maximum atomic E-state index is 10.7. The third kappa shape index (κ3) is 4.86. The van der Waals surface area contributed by atoms with Gasteiger partial charge in [0, 0.05) is 24.9 Å². The molecule has 1 unspecified atom stereocenters. The van der Waals surface area contributed by atoms with E-state index in [0.717, 1.165) is 25.3 Å². The molecular weight excluding hydrogens is 212 g/mol. The van der Waals surface area contributed by atoms with Crippen molar-refractivity contribution in [2.24, 2.45) is 0 Å². The molecule has 1 N–H and O–H groups in total. The number of rotatable bonds is 6. The van der Waals surface area contributed by atoms with Crippen molar-refractivity contribution in [2.75, 3.05) is 45.2 Å². The van der Waals surface area contributed by atoms with E-state index in [4.69, 9.17) is 5.11 Å². The van der Waals surface area contributed by atoms with Gasteiger partial charge in [-0.25, -0.2) is 0 Å². The van der Waals surface area contributed by atoms with Crippen LogP contribution in [-0.4, -0.2) is 72.2 Å². The number of hydrogen-bond donors (Lipinski definition) is 1. The first kappa shape index (κ1) is 12.8. The van der Waals surface area contributed by atoms with E-state index < -0.39 is 5.97 Å². The molecule has 4 nitrogen and oxygen atoms in total. The number of aliphatic carboxylic acids is 1. The summed E-state index contributed by atoms with van der Waals surface area (Å²) in [6, 6.07) is 0.464. The van der Waals surface area contributed by atoms with Gasteiger partial charge >= 0.3 is 5.97 Å². The molecular formula is C10H20N2O2S. The summed E-state index contributed by atoms with van der Waals surface area (Å²) in [4.78, 5) is 14.9. The summed E-state index contributed by atoms with van der Waals surface area (Å²) in [6.07, 6.45) is 1.13. The van der Waals surface area contributed by atoms with Crippen molar-refractivity contribution >= 4 is 17.7 Å². The summed E-state index contributed by atoms with van der Waals surface area (Å²) >= 11 is 1.92. The zero-order valence-corrected chi connectivity index (χ0v) is 10.3. The normalized spacial score (nSPS) is 21.5. The zero-order chi connectivity index (χ0) is 11.3. The SMILES string of the molecule is CN(C)CCN(CC(=O)O)C1CCSC1. The minimum absolute atomic E-state index is 0.180. The van der Waals surface area contributed by atoms with Crippen LogP contribution in [-0.2, 0) is 4.79 Å². The third-order valence-electron chi connectivity index (χ3n) is 2.59. The van der Waals surface area contributed by atoms with Crippen LogP contribution in [0.5, 0.6) is 0 Å². The molecule has 1 aliphatic heterocycles. The number of likely N-dealkylation sites (N-methyl/N-ethyl adjacent to an activating group) is 1. The van der Waals surface area contributed by atoms with Crippen LogP contribution < -0.4 is 0 Å². The van der Waals surface area contributed by atoms with Crippen molar-refractivity contribution in [3.63, 3.8) is 0 Å². The van der Waals surface area contributed by atoms with Gasteiger partial charge in [0.2, 0.25) is 0 Å². The zero-order valence-electron chi connectivity index (χ0n) is 9.48. The van der Waals surface area contributed by atoms with Gasteiger partial charge in [-0.1, -0.05) is 0 Å². The standard InChI is InChI=1S/C10H20N2O2S/c1-11(2)4-5-12(7-10(13)14)9-3-6-15-8-9/h9H,3-8H2,1-2H3,(H,13,14). The van der Waals surface area contributed by atoms with Crippen molar-refractivity contribution in [2.45, 2.75) is 12.5 Å². The van der Waals surface area contributed by atoms with E-state index in [9.17, 15) is 4.79 Å². The Kier molecular flexibility index (Phi) is 5.42. The lowest BCUT2D eigenvalue weighted by Gasteiger charge is -2.27. The quantitative estimate of drug-likeness (QED) is 0.720. The minimum atomic E-state index is -0.717. The fourth-order valence-corrected chi connectivity index (χ4v) is 2.96. The molecule has 0 aromatic rings. The predicted molar refractivity (Wildman–Crippen MR) is 63.5 cm³/mol. The highest BCUT2D eigenvalue weighted by molar-refractivity contribution is 7.99. The lowest BCUT2D eigenvalue weighted by atomic mass is 10.2. The average molecular weight is 232 g/mol. The van der Waals surface area contributed by atoms with Crippen molar-refractivity contribution in [3.05, 3.63) is 0 Å². The summed E-state index contributed by atoms with van der Waals surface area (Å²) in [5.41, 5.74) is 0. The van der Waals surface area contributed by atoms with Crippen molar-refractivity contribution in [1.29, 1.82) is 0 Å². The molecule has 0 radical (unpaired) electrons. The maximum Gasteiger partial charge on any atom is 0.317 e. The van der Waals surface area contributed by atoms with Gasteiger partial charge in [-0.05, 0) is 26.3 Å². The van der Waals surface area contributed by atoms with E-state index in [1.807, 2.05) is 25.9 Å². The highest BCUT2D eigenvalue weighted by atomic mass is 32.2. The summed E-state index contributed by atoms with van der Waals surface area (Å²) in [5.74, 6) is 1.54. The van der Waals surface area contributed by atoms with E-state index in [1.54, 1.807) is 0 Å². The van der Waals surface area contributed by atoms with Crippen molar-refractivity contribution in [1.82, 2.24) is 9.80 Å². The second-order valence-corrected chi connectivity index (χ2v) is 5.33. The Morgan fingerprint density at radius 2 is 2.20 bits per heavy atom. The van der Waals surface area contributed by atoms with E-state index in [1.165, 1.54) is 5.75 Å². The molecule has 88 valence electrons. The fourth-order valence-electron chi connectivity index (χ4n) is 1.70. The first-order valence-electron chi connectivity index (χ1n) is 5.28. The van der Waals surface area contributed by atoms with Gasteiger partial charge in [0.05, 0.1) is 6.54 Å². The molecule has 0 spiro atoms. The number of nitrogens with zero attached hydrogens (tertiary/aromatic N) is 2. The molecule has 0 aromatic heterocycles. The summed E-state index contributed by atoms with van der Waals surface area (Å²) < 4.78 is 0. The van der Waals surface area contributed by atoms with Crippen molar-refractivity contribution < 1.29 is 9.90 Å². The lowest BCUT2D eigenvalue weighted by molar-refractivity contribution is -0.138. The van der Waals surface area contributed by atoms with E-state index in [0.29, 0.717) is 6.04 Å². The number of carboxylic acid groups (broad SMARTS) is 1. The summed E-state index contributed by atoms with van der Waals surface area (Å²) in [7, 11) is 4.03. The van der Waals surface area contributed by atoms with Gasteiger partial charge in [0.1, 0.15) is 0 Å². The molecule has 0 saturated carbocycles. The predicted octanol–water partition coefficient (Wildman–Crippen LogP) is 0.440. The topological polar surface area (TPSA) is 43.8 Å². The Morgan fingerprint density at radius 1 is 1.47 bits per heavy atom.